The molecule has 0 bridgehead atoms. The Hall–Kier alpha value is -3.08. The highest BCUT2D eigenvalue weighted by Crippen LogP contribution is 2.51. The number of halogens is 2. The number of hydrogen-bond donors (Lipinski definition) is 0. The van der Waals surface area contributed by atoms with Gasteiger partial charge in [0.15, 0.2) is 11.6 Å². The van der Waals surface area contributed by atoms with Crippen LogP contribution in [0.5, 0.6) is 5.75 Å². The molecule has 0 fully saturated rings. The van der Waals surface area contributed by atoms with Crippen LogP contribution in [0.15, 0.2) is 77.3 Å². The van der Waals surface area contributed by atoms with Gasteiger partial charge in [-0.1, -0.05) is 65.7 Å². The van der Waals surface area contributed by atoms with Crippen LogP contribution in [0, 0.1) is 0 Å². The Morgan fingerprint density at radius 1 is 0.833 bits per heavy atom. The molecular formula is C30H24Cl2O4. The molecule has 3 aromatic carbocycles. The number of hydrogen-bond acceptors (Lipinski definition) is 4. The van der Waals surface area contributed by atoms with E-state index in [-0.39, 0.29) is 18.2 Å². The predicted octanol–water partition coefficient (Wildman–Crippen LogP) is 7.85. The molecule has 0 saturated carbocycles. The Morgan fingerprint density at radius 2 is 1.50 bits per heavy atom. The van der Waals surface area contributed by atoms with Crippen molar-refractivity contribution in [2.75, 3.05) is 0 Å². The third-order valence-electron chi connectivity index (χ3n) is 7.24. The van der Waals surface area contributed by atoms with E-state index >= 15 is 0 Å². The predicted molar refractivity (Wildman–Crippen MR) is 140 cm³/mol. The van der Waals surface area contributed by atoms with Gasteiger partial charge in [-0.25, -0.2) is 0 Å². The normalized spacial score (nSPS) is 18.3. The molecule has 182 valence electrons. The molecule has 0 N–H and O–H groups in total. The summed E-state index contributed by atoms with van der Waals surface area (Å²) < 4.78 is 12.6. The molecule has 1 aliphatic heterocycles. The lowest BCUT2D eigenvalue weighted by atomic mass is 9.73. The first-order valence-electron chi connectivity index (χ1n) is 12.3. The number of benzene rings is 3. The fourth-order valence-electron chi connectivity index (χ4n) is 5.64. The van der Waals surface area contributed by atoms with Gasteiger partial charge in [0.05, 0.1) is 10.9 Å². The second-order valence-corrected chi connectivity index (χ2v) is 10.3. The van der Waals surface area contributed by atoms with Crippen LogP contribution in [0.4, 0.5) is 0 Å². The fourth-order valence-corrected chi connectivity index (χ4v) is 6.21. The lowest BCUT2D eigenvalue weighted by molar-refractivity contribution is -0.117. The summed E-state index contributed by atoms with van der Waals surface area (Å²) in [6.45, 7) is 0.276. The van der Waals surface area contributed by atoms with Crippen molar-refractivity contribution < 1.29 is 19.1 Å². The highest BCUT2D eigenvalue weighted by atomic mass is 35.5. The zero-order valence-corrected chi connectivity index (χ0v) is 21.1. The van der Waals surface area contributed by atoms with E-state index in [4.69, 9.17) is 32.7 Å². The first-order valence-corrected chi connectivity index (χ1v) is 13.1. The molecule has 4 nitrogen and oxygen atoms in total. The Balaban J connectivity index is 1.48. The molecule has 6 heteroatoms. The van der Waals surface area contributed by atoms with Crippen molar-refractivity contribution >= 4 is 45.5 Å². The largest absolute Gasteiger partial charge is 0.487 e. The minimum Gasteiger partial charge on any atom is -0.487 e. The first-order chi connectivity index (χ1) is 17.5. The topological polar surface area (TPSA) is 52.6 Å². The summed E-state index contributed by atoms with van der Waals surface area (Å²) in [5.41, 5.74) is 2.74. The molecule has 0 amide bonds. The van der Waals surface area contributed by atoms with Crippen molar-refractivity contribution in [3.8, 4) is 5.75 Å². The second-order valence-electron chi connectivity index (χ2n) is 9.50. The molecule has 0 unspecified atom stereocenters. The minimum atomic E-state index is -0.594. The SMILES string of the molecule is O=C1CCCC2=C1C(c1cc(Cl)cc(Cl)c1OCc1cccc3ccccc13)C1=C(CCCC1=O)O2. The molecule has 2 aliphatic carbocycles. The van der Waals surface area contributed by atoms with Crippen molar-refractivity contribution in [3.05, 3.63) is 98.4 Å². The number of carbonyl (C=O) groups is 2. The lowest BCUT2D eigenvalue weighted by Gasteiger charge is -2.36. The van der Waals surface area contributed by atoms with E-state index in [2.05, 4.69) is 18.2 Å². The van der Waals surface area contributed by atoms with Gasteiger partial charge < -0.3 is 9.47 Å². The molecule has 3 aliphatic rings. The van der Waals surface area contributed by atoms with E-state index < -0.39 is 5.92 Å². The van der Waals surface area contributed by atoms with Crippen molar-refractivity contribution in [3.63, 3.8) is 0 Å². The molecule has 0 spiro atoms. The molecule has 0 atom stereocenters. The van der Waals surface area contributed by atoms with Crippen molar-refractivity contribution in [1.29, 1.82) is 0 Å². The summed E-state index contributed by atoms with van der Waals surface area (Å²) in [6.07, 6.45) is 3.67. The molecule has 0 radical (unpaired) electrons. The number of ketones is 2. The quantitative estimate of drug-likeness (QED) is 0.352. The van der Waals surface area contributed by atoms with Gasteiger partial charge in [-0.15, -0.1) is 0 Å². The van der Waals surface area contributed by atoms with Crippen molar-refractivity contribution in [2.45, 2.75) is 51.0 Å². The van der Waals surface area contributed by atoms with Crippen molar-refractivity contribution in [2.24, 2.45) is 0 Å². The zero-order chi connectivity index (χ0) is 24.8. The highest BCUT2D eigenvalue weighted by Gasteiger charge is 2.43. The Bertz CT molecular complexity index is 1440. The van der Waals surface area contributed by atoms with Crippen LogP contribution in [0.2, 0.25) is 10.0 Å². The standard InChI is InChI=1S/C30H24Cl2O4/c31-19-14-21(27-28-23(33)10-4-12-25(28)36-26-13-5-11-24(34)29(26)27)30(22(32)15-19)35-16-18-8-3-7-17-6-1-2-9-20(17)18/h1-3,6-9,14-15,27H,4-5,10-13,16H2. The molecule has 6 rings (SSSR count). The number of ether oxygens (including phenoxy) is 2. The summed E-state index contributed by atoms with van der Waals surface area (Å²) in [5, 5.41) is 2.99. The number of fused-ring (bicyclic) bond motifs is 1. The van der Waals surface area contributed by atoms with Gasteiger partial charge in [0.1, 0.15) is 23.9 Å². The van der Waals surface area contributed by atoms with Crippen LogP contribution < -0.4 is 4.74 Å². The average molecular weight is 519 g/mol. The fraction of sp³-hybridized carbons (Fsp3) is 0.267. The van der Waals surface area contributed by atoms with E-state index in [1.165, 1.54) is 0 Å². The lowest BCUT2D eigenvalue weighted by Crippen LogP contribution is -2.30. The van der Waals surface area contributed by atoms with E-state index in [9.17, 15) is 9.59 Å². The maximum atomic E-state index is 13.2. The number of Topliss-reactive ketones (excluding diaryl/α,β-unsaturated/α-hetero) is 2. The highest BCUT2D eigenvalue weighted by molar-refractivity contribution is 6.35. The molecular weight excluding hydrogens is 495 g/mol. The van der Waals surface area contributed by atoms with E-state index in [1.54, 1.807) is 12.1 Å². The maximum Gasteiger partial charge on any atom is 0.163 e. The Labute approximate surface area is 219 Å². The first kappa shape index (κ1) is 23.3. The van der Waals surface area contributed by atoms with Gasteiger partial charge in [-0.3, -0.25) is 9.59 Å². The monoisotopic (exact) mass is 518 g/mol. The zero-order valence-electron chi connectivity index (χ0n) is 19.6. The van der Waals surface area contributed by atoms with Crippen LogP contribution in [0.1, 0.15) is 55.6 Å². The third-order valence-corrected chi connectivity index (χ3v) is 7.74. The van der Waals surface area contributed by atoms with Crippen LogP contribution >= 0.6 is 23.2 Å². The van der Waals surface area contributed by atoms with Gasteiger partial charge in [0, 0.05) is 47.4 Å². The summed E-state index contributed by atoms with van der Waals surface area (Å²) >= 11 is 13.2. The second kappa shape index (κ2) is 9.42. The maximum absolute atomic E-state index is 13.2. The molecule has 0 aromatic heterocycles. The van der Waals surface area contributed by atoms with Crippen LogP contribution in [0.3, 0.4) is 0 Å². The molecule has 1 heterocycles. The summed E-state index contributed by atoms with van der Waals surface area (Å²) in [5.74, 6) is 1.19. The average Bonchev–Trinajstić information content (AvgIpc) is 2.87. The Morgan fingerprint density at radius 3 is 2.22 bits per heavy atom. The summed E-state index contributed by atoms with van der Waals surface area (Å²) in [7, 11) is 0. The van der Waals surface area contributed by atoms with Gasteiger partial charge >= 0.3 is 0 Å². The summed E-state index contributed by atoms with van der Waals surface area (Å²) in [6, 6.07) is 17.6. The van der Waals surface area contributed by atoms with Crippen LogP contribution in [-0.2, 0) is 20.9 Å². The van der Waals surface area contributed by atoms with E-state index in [1.807, 2.05) is 24.3 Å². The van der Waals surface area contributed by atoms with Gasteiger partial charge in [0.2, 0.25) is 0 Å². The van der Waals surface area contributed by atoms with Gasteiger partial charge in [0.25, 0.3) is 0 Å². The third kappa shape index (κ3) is 4.03. The molecule has 0 saturated heterocycles. The van der Waals surface area contributed by atoms with Crippen LogP contribution in [0.25, 0.3) is 10.8 Å². The van der Waals surface area contributed by atoms with Gasteiger partial charge in [-0.2, -0.15) is 0 Å². The Kier molecular flexibility index (Phi) is 6.10. The van der Waals surface area contributed by atoms with Gasteiger partial charge in [-0.05, 0) is 41.3 Å². The number of allylic oxidation sites excluding steroid dienone is 4. The van der Waals surface area contributed by atoms with E-state index in [0.717, 1.165) is 29.2 Å². The van der Waals surface area contributed by atoms with E-state index in [0.29, 0.717) is 69.7 Å². The molecule has 36 heavy (non-hydrogen) atoms. The molecule has 3 aromatic rings. The number of rotatable bonds is 4. The van der Waals surface area contributed by atoms with Crippen molar-refractivity contribution in [1.82, 2.24) is 0 Å². The number of carbonyl (C=O) groups excluding carboxylic acids is 2. The summed E-state index contributed by atoms with van der Waals surface area (Å²) in [4.78, 5) is 26.4. The van der Waals surface area contributed by atoms with Crippen LogP contribution in [-0.4, -0.2) is 11.6 Å². The minimum absolute atomic E-state index is 0.00211. The smallest absolute Gasteiger partial charge is 0.163 e.